The minimum atomic E-state index is -0.349. The third-order valence-electron chi connectivity index (χ3n) is 3.97. The number of nitrogens with zero attached hydrogens (tertiary/aromatic N) is 4. The fourth-order valence-electron chi connectivity index (χ4n) is 2.59. The Hall–Kier alpha value is -1.53. The van der Waals surface area contributed by atoms with Crippen LogP contribution in [0.15, 0.2) is 6.20 Å². The maximum atomic E-state index is 12.5. The number of rotatable bonds is 7. The highest BCUT2D eigenvalue weighted by Gasteiger charge is 2.22. The van der Waals surface area contributed by atoms with Gasteiger partial charge in [-0.15, -0.1) is 0 Å². The van der Waals surface area contributed by atoms with E-state index in [0.717, 1.165) is 23.5 Å². The molecule has 24 heavy (non-hydrogen) atoms. The summed E-state index contributed by atoms with van der Waals surface area (Å²) in [4.78, 5) is 12.5. The van der Waals surface area contributed by atoms with Crippen LogP contribution < -0.4 is 5.32 Å². The molecule has 0 aliphatic heterocycles. The van der Waals surface area contributed by atoms with Crippen molar-refractivity contribution in [2.24, 2.45) is 0 Å². The Balaban J connectivity index is 1.89. The molecule has 8 heteroatoms. The molecule has 1 N–H and O–H groups in total. The van der Waals surface area contributed by atoms with Crippen LogP contribution in [0, 0.1) is 20.8 Å². The standard InChI is InChI=1S/C16H23Cl2N5O/c1-5-14(23-12(4)15(18)11(3)21-23)16(24)19-7-6-8-22-9-13(17)10(2)20-22/h9,14H,5-8H2,1-4H3,(H,19,24). The van der Waals surface area contributed by atoms with E-state index in [1.54, 1.807) is 15.6 Å². The average Bonchev–Trinajstić information content (AvgIpc) is 2.99. The first-order valence-electron chi connectivity index (χ1n) is 8.03. The van der Waals surface area contributed by atoms with Gasteiger partial charge in [0, 0.05) is 19.3 Å². The van der Waals surface area contributed by atoms with E-state index in [1.807, 2.05) is 27.7 Å². The summed E-state index contributed by atoms with van der Waals surface area (Å²) in [6.07, 6.45) is 3.22. The molecule has 2 aromatic rings. The second-order valence-corrected chi connectivity index (χ2v) is 6.61. The topological polar surface area (TPSA) is 64.7 Å². The third kappa shape index (κ3) is 4.11. The van der Waals surface area contributed by atoms with Gasteiger partial charge in [-0.25, -0.2) is 0 Å². The normalized spacial score (nSPS) is 12.4. The van der Waals surface area contributed by atoms with Crippen molar-refractivity contribution in [1.82, 2.24) is 24.9 Å². The summed E-state index contributed by atoms with van der Waals surface area (Å²) in [6.45, 7) is 8.82. The molecular weight excluding hydrogens is 349 g/mol. The zero-order valence-electron chi connectivity index (χ0n) is 14.4. The van der Waals surface area contributed by atoms with E-state index in [2.05, 4.69) is 15.5 Å². The van der Waals surface area contributed by atoms with Crippen LogP contribution in [0.2, 0.25) is 10.0 Å². The minimum Gasteiger partial charge on any atom is -0.354 e. The average molecular weight is 372 g/mol. The van der Waals surface area contributed by atoms with Crippen molar-refractivity contribution >= 4 is 29.1 Å². The maximum absolute atomic E-state index is 12.5. The number of amides is 1. The Morgan fingerprint density at radius 3 is 2.46 bits per heavy atom. The van der Waals surface area contributed by atoms with Gasteiger partial charge in [0.05, 0.1) is 27.1 Å². The molecule has 1 atom stereocenters. The van der Waals surface area contributed by atoms with Gasteiger partial charge < -0.3 is 5.32 Å². The van der Waals surface area contributed by atoms with E-state index in [1.165, 1.54) is 0 Å². The van der Waals surface area contributed by atoms with Crippen LogP contribution >= 0.6 is 23.2 Å². The number of hydrogen-bond donors (Lipinski definition) is 1. The summed E-state index contributed by atoms with van der Waals surface area (Å²) in [7, 11) is 0. The Labute approximate surface area is 152 Å². The number of halogens is 2. The highest BCUT2D eigenvalue weighted by atomic mass is 35.5. The summed E-state index contributed by atoms with van der Waals surface area (Å²) in [5, 5.41) is 12.9. The number of aromatic nitrogens is 4. The Bertz CT molecular complexity index is 703. The number of aryl methyl sites for hydroxylation is 3. The molecular formula is C16H23Cl2N5O. The quantitative estimate of drug-likeness (QED) is 0.757. The second kappa shape index (κ2) is 8.03. The van der Waals surface area contributed by atoms with Gasteiger partial charge in [0.25, 0.3) is 0 Å². The van der Waals surface area contributed by atoms with Gasteiger partial charge in [0.1, 0.15) is 6.04 Å². The minimum absolute atomic E-state index is 0.0468. The molecule has 0 aromatic carbocycles. The lowest BCUT2D eigenvalue weighted by atomic mass is 10.2. The molecule has 2 aromatic heterocycles. The van der Waals surface area contributed by atoms with E-state index >= 15 is 0 Å². The SMILES string of the molecule is CCC(C(=O)NCCCn1cc(Cl)c(C)n1)n1nc(C)c(Cl)c1C. The van der Waals surface area contributed by atoms with Gasteiger partial charge >= 0.3 is 0 Å². The maximum Gasteiger partial charge on any atom is 0.244 e. The van der Waals surface area contributed by atoms with Crippen LogP contribution in [0.1, 0.15) is 42.9 Å². The highest BCUT2D eigenvalue weighted by molar-refractivity contribution is 6.31. The summed E-state index contributed by atoms with van der Waals surface area (Å²) < 4.78 is 3.51. The molecule has 0 saturated heterocycles. The van der Waals surface area contributed by atoms with Crippen molar-refractivity contribution in [3.8, 4) is 0 Å². The van der Waals surface area contributed by atoms with Gasteiger partial charge in [0.2, 0.25) is 5.91 Å². The van der Waals surface area contributed by atoms with Crippen molar-refractivity contribution < 1.29 is 4.79 Å². The van der Waals surface area contributed by atoms with Crippen LogP contribution in [0.25, 0.3) is 0 Å². The van der Waals surface area contributed by atoms with Crippen LogP contribution in [-0.2, 0) is 11.3 Å². The highest BCUT2D eigenvalue weighted by Crippen LogP contribution is 2.23. The van der Waals surface area contributed by atoms with Gasteiger partial charge in [-0.2, -0.15) is 10.2 Å². The third-order valence-corrected chi connectivity index (χ3v) is 4.89. The van der Waals surface area contributed by atoms with E-state index < -0.39 is 0 Å². The van der Waals surface area contributed by atoms with Crippen molar-refractivity contribution in [3.63, 3.8) is 0 Å². The zero-order valence-corrected chi connectivity index (χ0v) is 15.9. The van der Waals surface area contributed by atoms with Gasteiger partial charge in [-0.1, -0.05) is 30.1 Å². The Morgan fingerprint density at radius 1 is 1.25 bits per heavy atom. The van der Waals surface area contributed by atoms with Crippen molar-refractivity contribution in [1.29, 1.82) is 0 Å². The molecule has 6 nitrogen and oxygen atoms in total. The van der Waals surface area contributed by atoms with E-state index in [4.69, 9.17) is 23.2 Å². The lowest BCUT2D eigenvalue weighted by molar-refractivity contribution is -0.124. The molecule has 0 radical (unpaired) electrons. The molecule has 0 fully saturated rings. The molecule has 1 unspecified atom stereocenters. The predicted molar refractivity (Wildman–Crippen MR) is 95.6 cm³/mol. The van der Waals surface area contributed by atoms with Crippen LogP contribution in [-0.4, -0.2) is 32.0 Å². The monoisotopic (exact) mass is 371 g/mol. The van der Waals surface area contributed by atoms with Crippen molar-refractivity contribution in [3.05, 3.63) is 33.3 Å². The molecule has 0 bridgehead atoms. The first-order chi connectivity index (χ1) is 11.3. The number of nitrogens with one attached hydrogen (secondary N) is 1. The summed E-state index contributed by atoms with van der Waals surface area (Å²) >= 11 is 12.2. The molecule has 2 heterocycles. The predicted octanol–water partition coefficient (Wildman–Crippen LogP) is 3.47. The van der Waals surface area contributed by atoms with E-state index in [9.17, 15) is 4.79 Å². The number of hydrogen-bond acceptors (Lipinski definition) is 3. The van der Waals surface area contributed by atoms with Crippen LogP contribution in [0.3, 0.4) is 0 Å². The Morgan fingerprint density at radius 2 is 1.96 bits per heavy atom. The van der Waals surface area contributed by atoms with Gasteiger partial charge in [0.15, 0.2) is 0 Å². The summed E-state index contributed by atoms with van der Waals surface area (Å²) in [6, 6.07) is -0.349. The summed E-state index contributed by atoms with van der Waals surface area (Å²) in [5.74, 6) is -0.0468. The Kier molecular flexibility index (Phi) is 6.29. The van der Waals surface area contributed by atoms with Crippen LogP contribution in [0.4, 0.5) is 0 Å². The molecule has 132 valence electrons. The fraction of sp³-hybridized carbons (Fsp3) is 0.562. The van der Waals surface area contributed by atoms with Gasteiger partial charge in [-0.05, 0) is 33.6 Å². The fourth-order valence-corrected chi connectivity index (χ4v) is 2.87. The lowest BCUT2D eigenvalue weighted by Crippen LogP contribution is -2.34. The molecule has 1 amide bonds. The van der Waals surface area contributed by atoms with Gasteiger partial charge in [-0.3, -0.25) is 14.2 Å². The zero-order chi connectivity index (χ0) is 17.9. The smallest absolute Gasteiger partial charge is 0.244 e. The second-order valence-electron chi connectivity index (χ2n) is 5.82. The first-order valence-corrected chi connectivity index (χ1v) is 8.79. The van der Waals surface area contributed by atoms with Crippen molar-refractivity contribution in [2.75, 3.05) is 6.54 Å². The molecule has 0 aliphatic carbocycles. The lowest BCUT2D eigenvalue weighted by Gasteiger charge is -2.17. The number of carbonyl (C=O) groups is 1. The molecule has 0 saturated carbocycles. The largest absolute Gasteiger partial charge is 0.354 e. The van der Waals surface area contributed by atoms with Crippen LogP contribution in [0.5, 0.6) is 0 Å². The first kappa shape index (κ1) is 18.8. The number of carbonyl (C=O) groups excluding carboxylic acids is 1. The van der Waals surface area contributed by atoms with E-state index in [-0.39, 0.29) is 11.9 Å². The van der Waals surface area contributed by atoms with Crippen molar-refractivity contribution in [2.45, 2.75) is 53.1 Å². The summed E-state index contributed by atoms with van der Waals surface area (Å²) in [5.41, 5.74) is 2.37. The molecule has 0 spiro atoms. The van der Waals surface area contributed by atoms with E-state index in [0.29, 0.717) is 29.6 Å². The molecule has 0 aliphatic rings. The molecule has 2 rings (SSSR count).